The predicted molar refractivity (Wildman–Crippen MR) is 73.0 cm³/mol. The maximum atomic E-state index is 4.20. The van der Waals surface area contributed by atoms with Crippen molar-refractivity contribution in [1.82, 2.24) is 15.1 Å². The Kier molecular flexibility index (Phi) is 5.69. The first-order valence-electron chi connectivity index (χ1n) is 6.71. The first-order chi connectivity index (χ1) is 8.00. The molecule has 2 unspecified atom stereocenters. The van der Waals surface area contributed by atoms with E-state index in [0.29, 0.717) is 6.04 Å². The van der Waals surface area contributed by atoms with Crippen LogP contribution in [0, 0.1) is 11.8 Å². The van der Waals surface area contributed by atoms with Crippen molar-refractivity contribution < 1.29 is 0 Å². The van der Waals surface area contributed by atoms with Crippen molar-refractivity contribution in [3.63, 3.8) is 0 Å². The predicted octanol–water partition coefficient (Wildman–Crippen LogP) is 2.62. The molecule has 17 heavy (non-hydrogen) atoms. The van der Waals surface area contributed by atoms with Crippen LogP contribution in [0.1, 0.15) is 39.8 Å². The summed E-state index contributed by atoms with van der Waals surface area (Å²) in [4.78, 5) is 0. The molecular weight excluding hydrogens is 210 g/mol. The summed E-state index contributed by atoms with van der Waals surface area (Å²) >= 11 is 0. The Morgan fingerprint density at radius 3 is 2.47 bits per heavy atom. The number of nitrogens with one attached hydrogen (secondary N) is 1. The van der Waals surface area contributed by atoms with Gasteiger partial charge in [0.05, 0.1) is 0 Å². The molecule has 1 N–H and O–H groups in total. The zero-order valence-electron chi connectivity index (χ0n) is 11.9. The molecule has 0 bridgehead atoms. The number of aromatic nitrogens is 2. The van der Waals surface area contributed by atoms with E-state index in [4.69, 9.17) is 0 Å². The quantitative estimate of drug-likeness (QED) is 0.790. The maximum absolute atomic E-state index is 4.20. The zero-order chi connectivity index (χ0) is 12.8. The van der Waals surface area contributed by atoms with Gasteiger partial charge in [-0.1, -0.05) is 27.7 Å². The summed E-state index contributed by atoms with van der Waals surface area (Å²) in [6.07, 6.45) is 4.24. The fourth-order valence-electron chi connectivity index (χ4n) is 1.93. The summed E-state index contributed by atoms with van der Waals surface area (Å²) in [7, 11) is 2.02. The Morgan fingerprint density at radius 2 is 1.94 bits per heavy atom. The van der Waals surface area contributed by atoms with Crippen molar-refractivity contribution in [2.45, 2.75) is 46.6 Å². The van der Waals surface area contributed by atoms with Crippen LogP contribution in [0.4, 0.5) is 0 Å². The molecule has 0 aliphatic rings. The Bertz CT molecular complexity index is 317. The largest absolute Gasteiger partial charge is 0.314 e. The second-order valence-electron chi connectivity index (χ2n) is 5.50. The fraction of sp³-hybridized carbons (Fsp3) is 0.786. The van der Waals surface area contributed by atoms with Gasteiger partial charge in [0.1, 0.15) is 0 Å². The lowest BCUT2D eigenvalue weighted by Gasteiger charge is -2.21. The standard InChI is InChI=1S/C14H27N3/c1-11(2)15-10-13(4)12(3)6-7-14-8-9-16-17(14)5/h8-9,11-13,15H,6-7,10H2,1-5H3. The Hall–Kier alpha value is -0.830. The highest BCUT2D eigenvalue weighted by Crippen LogP contribution is 2.17. The van der Waals surface area contributed by atoms with Crippen LogP contribution in [0.3, 0.4) is 0 Å². The SMILES string of the molecule is CC(C)NCC(C)C(C)CCc1ccnn1C. The van der Waals surface area contributed by atoms with Gasteiger partial charge in [0.15, 0.2) is 0 Å². The Morgan fingerprint density at radius 1 is 1.24 bits per heavy atom. The highest BCUT2D eigenvalue weighted by molar-refractivity contribution is 5.00. The van der Waals surface area contributed by atoms with Gasteiger partial charge in [-0.15, -0.1) is 0 Å². The van der Waals surface area contributed by atoms with Gasteiger partial charge in [0.25, 0.3) is 0 Å². The van der Waals surface area contributed by atoms with Crippen LogP contribution in [0.5, 0.6) is 0 Å². The summed E-state index contributed by atoms with van der Waals surface area (Å²) in [5.41, 5.74) is 1.33. The highest BCUT2D eigenvalue weighted by atomic mass is 15.2. The fourth-order valence-corrected chi connectivity index (χ4v) is 1.93. The number of hydrogen-bond acceptors (Lipinski definition) is 2. The van der Waals surface area contributed by atoms with Crippen molar-refractivity contribution in [2.24, 2.45) is 18.9 Å². The van der Waals surface area contributed by atoms with Crippen LogP contribution in [-0.4, -0.2) is 22.4 Å². The van der Waals surface area contributed by atoms with Crippen molar-refractivity contribution in [3.8, 4) is 0 Å². The van der Waals surface area contributed by atoms with Crippen LogP contribution < -0.4 is 5.32 Å². The molecule has 0 aliphatic heterocycles. The molecule has 98 valence electrons. The van der Waals surface area contributed by atoms with Crippen LogP contribution in [0.15, 0.2) is 12.3 Å². The topological polar surface area (TPSA) is 29.9 Å². The number of rotatable bonds is 7. The van der Waals surface area contributed by atoms with Crippen molar-refractivity contribution in [1.29, 1.82) is 0 Å². The van der Waals surface area contributed by atoms with Gasteiger partial charge in [-0.05, 0) is 37.3 Å². The first-order valence-corrected chi connectivity index (χ1v) is 6.71. The van der Waals surface area contributed by atoms with Crippen molar-refractivity contribution >= 4 is 0 Å². The smallest absolute Gasteiger partial charge is 0.0492 e. The molecular formula is C14H27N3. The third kappa shape index (κ3) is 4.90. The monoisotopic (exact) mass is 237 g/mol. The van der Waals surface area contributed by atoms with Crippen LogP contribution in [-0.2, 0) is 13.5 Å². The molecule has 1 rings (SSSR count). The summed E-state index contributed by atoms with van der Waals surface area (Å²) in [6, 6.07) is 2.70. The average molecular weight is 237 g/mol. The lowest BCUT2D eigenvalue weighted by atomic mass is 9.91. The Labute approximate surface area is 106 Å². The minimum atomic E-state index is 0.585. The molecule has 0 amide bonds. The summed E-state index contributed by atoms with van der Waals surface area (Å²) in [6.45, 7) is 10.2. The van der Waals surface area contributed by atoms with Crippen molar-refractivity contribution in [3.05, 3.63) is 18.0 Å². The molecule has 0 aromatic carbocycles. The number of hydrogen-bond donors (Lipinski definition) is 1. The third-order valence-electron chi connectivity index (χ3n) is 3.60. The van der Waals surface area contributed by atoms with Gasteiger partial charge in [-0.25, -0.2) is 0 Å². The molecule has 2 atom stereocenters. The molecule has 1 aromatic rings. The van der Waals surface area contributed by atoms with E-state index in [1.165, 1.54) is 12.1 Å². The molecule has 0 fully saturated rings. The minimum Gasteiger partial charge on any atom is -0.314 e. The van der Waals surface area contributed by atoms with E-state index in [0.717, 1.165) is 24.8 Å². The maximum Gasteiger partial charge on any atom is 0.0492 e. The molecule has 0 aliphatic carbocycles. The average Bonchev–Trinajstić information content (AvgIpc) is 2.68. The van der Waals surface area contributed by atoms with Crippen molar-refractivity contribution in [2.75, 3.05) is 6.54 Å². The second kappa shape index (κ2) is 6.80. The van der Waals surface area contributed by atoms with Gasteiger partial charge in [0, 0.05) is 25.0 Å². The highest BCUT2D eigenvalue weighted by Gasteiger charge is 2.13. The van der Waals surface area contributed by atoms with E-state index < -0.39 is 0 Å². The van der Waals surface area contributed by atoms with E-state index in [2.05, 4.69) is 44.2 Å². The normalized spacial score (nSPS) is 15.2. The number of aryl methyl sites for hydroxylation is 2. The van der Waals surface area contributed by atoms with Gasteiger partial charge in [-0.2, -0.15) is 5.10 Å². The molecule has 0 spiro atoms. The molecule has 0 saturated heterocycles. The van der Waals surface area contributed by atoms with Gasteiger partial charge < -0.3 is 5.32 Å². The molecule has 0 radical (unpaired) electrons. The van der Waals surface area contributed by atoms with E-state index in [1.54, 1.807) is 0 Å². The van der Waals surface area contributed by atoms with Gasteiger partial charge >= 0.3 is 0 Å². The van der Waals surface area contributed by atoms with Gasteiger partial charge in [-0.3, -0.25) is 4.68 Å². The first kappa shape index (κ1) is 14.2. The zero-order valence-corrected chi connectivity index (χ0v) is 11.9. The van der Waals surface area contributed by atoms with Crippen LogP contribution >= 0.6 is 0 Å². The van der Waals surface area contributed by atoms with Gasteiger partial charge in [0.2, 0.25) is 0 Å². The molecule has 3 heteroatoms. The molecule has 3 nitrogen and oxygen atoms in total. The molecule has 0 saturated carbocycles. The van der Waals surface area contributed by atoms with E-state index in [-0.39, 0.29) is 0 Å². The third-order valence-corrected chi connectivity index (χ3v) is 3.60. The second-order valence-corrected chi connectivity index (χ2v) is 5.50. The van der Waals surface area contributed by atoms with Crippen LogP contribution in [0.25, 0.3) is 0 Å². The van der Waals surface area contributed by atoms with Crippen LogP contribution in [0.2, 0.25) is 0 Å². The summed E-state index contributed by atoms with van der Waals surface area (Å²) in [5, 5.41) is 7.72. The number of nitrogens with zero attached hydrogens (tertiary/aromatic N) is 2. The minimum absolute atomic E-state index is 0.585. The lowest BCUT2D eigenvalue weighted by Crippen LogP contribution is -2.30. The van der Waals surface area contributed by atoms with E-state index in [1.807, 2.05) is 17.9 Å². The molecule has 1 aromatic heterocycles. The van der Waals surface area contributed by atoms with E-state index >= 15 is 0 Å². The Balaban J connectivity index is 2.29. The summed E-state index contributed by atoms with van der Waals surface area (Å²) in [5.74, 6) is 1.47. The lowest BCUT2D eigenvalue weighted by molar-refractivity contribution is 0.336. The summed E-state index contributed by atoms with van der Waals surface area (Å²) < 4.78 is 1.98. The van der Waals surface area contributed by atoms with E-state index in [9.17, 15) is 0 Å². The molecule has 1 heterocycles.